The van der Waals surface area contributed by atoms with Gasteiger partial charge in [-0.05, 0) is 37.8 Å². The molecule has 106 valence electrons. The van der Waals surface area contributed by atoms with Crippen LogP contribution in [-0.2, 0) is 11.2 Å². The molecule has 0 radical (unpaired) electrons. The summed E-state index contributed by atoms with van der Waals surface area (Å²) in [6.07, 6.45) is 9.44. The fourth-order valence-corrected chi connectivity index (χ4v) is 2.33. The van der Waals surface area contributed by atoms with Crippen molar-refractivity contribution in [3.63, 3.8) is 0 Å². The highest BCUT2D eigenvalue weighted by molar-refractivity contribution is 5.83. The van der Waals surface area contributed by atoms with E-state index in [4.69, 9.17) is 0 Å². The molecule has 0 saturated carbocycles. The van der Waals surface area contributed by atoms with Gasteiger partial charge in [-0.3, -0.25) is 4.79 Å². The van der Waals surface area contributed by atoms with Gasteiger partial charge in [0, 0.05) is 30.1 Å². The van der Waals surface area contributed by atoms with Crippen LogP contribution in [0.4, 0.5) is 0 Å². The summed E-state index contributed by atoms with van der Waals surface area (Å²) in [7, 11) is 0. The van der Waals surface area contributed by atoms with Crippen molar-refractivity contribution in [1.82, 2.24) is 10.3 Å². The molecule has 1 amide bonds. The van der Waals surface area contributed by atoms with Crippen LogP contribution in [0.3, 0.4) is 0 Å². The summed E-state index contributed by atoms with van der Waals surface area (Å²) < 4.78 is 0. The summed E-state index contributed by atoms with van der Waals surface area (Å²) in [4.78, 5) is 14.9. The van der Waals surface area contributed by atoms with Crippen molar-refractivity contribution in [1.29, 1.82) is 0 Å². The number of aromatic nitrogens is 1. The molecule has 20 heavy (non-hydrogen) atoms. The molecule has 2 N–H and O–H groups in total. The molecule has 2 rings (SSSR count). The maximum atomic E-state index is 11.7. The molecule has 0 atom stereocenters. The highest BCUT2D eigenvalue weighted by Crippen LogP contribution is 2.19. The number of aryl methyl sites for hydroxylation is 1. The second-order valence-corrected chi connectivity index (χ2v) is 4.92. The van der Waals surface area contributed by atoms with Crippen molar-refractivity contribution in [2.75, 3.05) is 6.54 Å². The lowest BCUT2D eigenvalue weighted by Crippen LogP contribution is -2.23. The quantitative estimate of drug-likeness (QED) is 0.586. The van der Waals surface area contributed by atoms with Gasteiger partial charge in [0.15, 0.2) is 0 Å². The Morgan fingerprint density at radius 3 is 3.05 bits per heavy atom. The number of nitrogens with one attached hydrogen (secondary N) is 2. The zero-order chi connectivity index (χ0) is 14.2. The monoisotopic (exact) mass is 270 g/mol. The van der Waals surface area contributed by atoms with E-state index in [1.807, 2.05) is 25.1 Å². The molecule has 3 nitrogen and oxygen atoms in total. The summed E-state index contributed by atoms with van der Waals surface area (Å²) in [5, 5.41) is 4.20. The number of fused-ring (bicyclic) bond motifs is 1. The van der Waals surface area contributed by atoms with E-state index in [1.165, 1.54) is 16.5 Å². The molecular formula is C17H22N2O. The van der Waals surface area contributed by atoms with Gasteiger partial charge in [0.1, 0.15) is 0 Å². The summed E-state index contributed by atoms with van der Waals surface area (Å²) in [6, 6.07) is 8.28. The number of rotatable bonds is 7. The Labute approximate surface area is 120 Å². The number of para-hydroxylation sites is 1. The number of H-pyrrole nitrogens is 1. The van der Waals surface area contributed by atoms with Gasteiger partial charge in [0.05, 0.1) is 0 Å². The summed E-state index contributed by atoms with van der Waals surface area (Å²) in [5.74, 6) is 0.148. The van der Waals surface area contributed by atoms with Gasteiger partial charge in [-0.25, -0.2) is 0 Å². The molecule has 0 unspecified atom stereocenters. The fourth-order valence-electron chi connectivity index (χ4n) is 2.33. The van der Waals surface area contributed by atoms with Gasteiger partial charge >= 0.3 is 0 Å². The maximum absolute atomic E-state index is 11.7. The molecule has 2 aromatic rings. The number of hydrogen-bond donors (Lipinski definition) is 2. The van der Waals surface area contributed by atoms with E-state index in [0.29, 0.717) is 6.42 Å². The minimum absolute atomic E-state index is 0.148. The van der Waals surface area contributed by atoms with Gasteiger partial charge in [-0.2, -0.15) is 0 Å². The van der Waals surface area contributed by atoms with E-state index in [2.05, 4.69) is 34.7 Å². The zero-order valence-corrected chi connectivity index (χ0v) is 12.0. The highest BCUT2D eigenvalue weighted by atomic mass is 16.1. The van der Waals surface area contributed by atoms with Crippen LogP contribution in [0, 0.1) is 0 Å². The van der Waals surface area contributed by atoms with Crippen LogP contribution in [0.5, 0.6) is 0 Å². The number of allylic oxidation sites excluding steroid dienone is 1. The minimum Gasteiger partial charge on any atom is -0.361 e. The van der Waals surface area contributed by atoms with Crippen LogP contribution in [0.2, 0.25) is 0 Å². The van der Waals surface area contributed by atoms with Crippen molar-refractivity contribution in [3.8, 4) is 0 Å². The third-order valence-corrected chi connectivity index (χ3v) is 3.39. The molecule has 1 aromatic carbocycles. The van der Waals surface area contributed by atoms with E-state index >= 15 is 0 Å². The number of carbonyl (C=O) groups excluding carboxylic acids is 1. The largest absolute Gasteiger partial charge is 0.361 e. The smallest absolute Gasteiger partial charge is 0.220 e. The summed E-state index contributed by atoms with van der Waals surface area (Å²) in [6.45, 7) is 2.72. The van der Waals surface area contributed by atoms with Gasteiger partial charge in [0.2, 0.25) is 5.91 Å². The van der Waals surface area contributed by atoms with Gasteiger partial charge in [-0.1, -0.05) is 30.4 Å². The van der Waals surface area contributed by atoms with Crippen LogP contribution in [0.25, 0.3) is 10.9 Å². The maximum Gasteiger partial charge on any atom is 0.220 e. The van der Waals surface area contributed by atoms with E-state index in [1.54, 1.807) is 0 Å². The Balaban J connectivity index is 1.74. The Bertz CT molecular complexity index is 583. The van der Waals surface area contributed by atoms with Crippen molar-refractivity contribution in [2.24, 2.45) is 0 Å². The molecule has 0 aliphatic carbocycles. The van der Waals surface area contributed by atoms with Crippen molar-refractivity contribution in [2.45, 2.75) is 32.6 Å². The summed E-state index contributed by atoms with van der Waals surface area (Å²) in [5.41, 5.74) is 2.46. The van der Waals surface area contributed by atoms with Crippen LogP contribution in [0.1, 0.15) is 31.7 Å². The lowest BCUT2D eigenvalue weighted by molar-refractivity contribution is -0.121. The second kappa shape index (κ2) is 7.53. The molecule has 3 heteroatoms. The first-order chi connectivity index (χ1) is 9.81. The number of amides is 1. The second-order valence-electron chi connectivity index (χ2n) is 4.92. The van der Waals surface area contributed by atoms with Crippen molar-refractivity contribution < 1.29 is 4.79 Å². The molecule has 0 spiro atoms. The average Bonchev–Trinajstić information content (AvgIpc) is 2.87. The lowest BCUT2D eigenvalue weighted by Gasteiger charge is -2.03. The number of benzene rings is 1. The lowest BCUT2D eigenvalue weighted by atomic mass is 10.1. The zero-order valence-electron chi connectivity index (χ0n) is 12.0. The third-order valence-electron chi connectivity index (χ3n) is 3.39. The average molecular weight is 270 g/mol. The Kier molecular flexibility index (Phi) is 5.42. The Hall–Kier alpha value is -2.03. The van der Waals surface area contributed by atoms with Crippen LogP contribution in [0.15, 0.2) is 42.6 Å². The topological polar surface area (TPSA) is 44.9 Å². The molecule has 0 aliphatic heterocycles. The van der Waals surface area contributed by atoms with Crippen molar-refractivity contribution in [3.05, 3.63) is 48.2 Å². The van der Waals surface area contributed by atoms with E-state index in [0.717, 1.165) is 25.8 Å². The van der Waals surface area contributed by atoms with Crippen LogP contribution >= 0.6 is 0 Å². The minimum atomic E-state index is 0.148. The van der Waals surface area contributed by atoms with Crippen LogP contribution in [-0.4, -0.2) is 17.4 Å². The number of hydrogen-bond acceptors (Lipinski definition) is 1. The fraction of sp³-hybridized carbons (Fsp3) is 0.353. The van der Waals surface area contributed by atoms with Gasteiger partial charge in [-0.15, -0.1) is 0 Å². The van der Waals surface area contributed by atoms with Gasteiger partial charge in [0.25, 0.3) is 0 Å². The first kappa shape index (κ1) is 14.4. The normalized spacial score (nSPS) is 11.2. The number of carbonyl (C=O) groups is 1. The summed E-state index contributed by atoms with van der Waals surface area (Å²) >= 11 is 0. The van der Waals surface area contributed by atoms with E-state index in [9.17, 15) is 4.79 Å². The molecule has 0 bridgehead atoms. The number of aromatic amines is 1. The van der Waals surface area contributed by atoms with Crippen molar-refractivity contribution >= 4 is 16.8 Å². The van der Waals surface area contributed by atoms with Gasteiger partial charge < -0.3 is 10.3 Å². The standard InChI is InChI=1S/C17H22N2O/c1-2-3-6-12-18-17(20)11-7-8-14-13-19-16-10-5-4-9-15(14)16/h2-5,9-10,13,19H,6-8,11-12H2,1H3,(H,18,20)/b3-2+. The predicted molar refractivity (Wildman–Crippen MR) is 83.7 cm³/mol. The molecule has 1 aromatic heterocycles. The Morgan fingerprint density at radius 2 is 2.20 bits per heavy atom. The molecule has 1 heterocycles. The van der Waals surface area contributed by atoms with E-state index < -0.39 is 0 Å². The van der Waals surface area contributed by atoms with Crippen LogP contribution < -0.4 is 5.32 Å². The Morgan fingerprint density at radius 1 is 1.35 bits per heavy atom. The predicted octanol–water partition coefficient (Wildman–Crippen LogP) is 3.57. The molecule has 0 aliphatic rings. The molecular weight excluding hydrogens is 248 g/mol. The third kappa shape index (κ3) is 3.98. The SMILES string of the molecule is C/C=C/CCNC(=O)CCCc1c[nH]c2ccccc12. The van der Waals surface area contributed by atoms with E-state index in [-0.39, 0.29) is 5.91 Å². The first-order valence-electron chi connectivity index (χ1n) is 7.24. The molecule has 0 fully saturated rings. The highest BCUT2D eigenvalue weighted by Gasteiger charge is 2.04. The molecule has 0 saturated heterocycles. The first-order valence-corrected chi connectivity index (χ1v) is 7.24.